The van der Waals surface area contributed by atoms with Crippen LogP contribution in [0.5, 0.6) is 0 Å². The molecule has 0 spiro atoms. The number of rotatable bonds is 9. The molecule has 1 nitrogen and oxygen atoms in total. The SMILES string of the molecule is CC=CCCC(C)=CCCCC(C)(CC)OC. The second-order valence-electron chi connectivity index (χ2n) is 5.06. The van der Waals surface area contributed by atoms with Gasteiger partial charge in [0.25, 0.3) is 0 Å². The van der Waals surface area contributed by atoms with E-state index < -0.39 is 0 Å². The molecule has 1 atom stereocenters. The van der Waals surface area contributed by atoms with Crippen molar-refractivity contribution in [3.05, 3.63) is 23.8 Å². The first kappa shape index (κ1) is 16.4. The summed E-state index contributed by atoms with van der Waals surface area (Å²) in [6, 6.07) is 0. The molecule has 0 amide bonds. The Morgan fingerprint density at radius 2 is 2.00 bits per heavy atom. The molecule has 0 rings (SSSR count). The predicted molar refractivity (Wildman–Crippen MR) is 77.4 cm³/mol. The highest BCUT2D eigenvalue weighted by atomic mass is 16.5. The lowest BCUT2D eigenvalue weighted by molar-refractivity contribution is -0.00552. The van der Waals surface area contributed by atoms with E-state index in [1.807, 2.05) is 7.11 Å². The summed E-state index contributed by atoms with van der Waals surface area (Å²) in [4.78, 5) is 0. The maximum absolute atomic E-state index is 5.54. The van der Waals surface area contributed by atoms with Gasteiger partial charge in [-0.1, -0.05) is 30.7 Å². The maximum Gasteiger partial charge on any atom is 0.0648 e. The van der Waals surface area contributed by atoms with Gasteiger partial charge < -0.3 is 4.74 Å². The Morgan fingerprint density at radius 3 is 2.53 bits per heavy atom. The van der Waals surface area contributed by atoms with Gasteiger partial charge in [0.2, 0.25) is 0 Å². The van der Waals surface area contributed by atoms with E-state index in [-0.39, 0.29) is 5.60 Å². The van der Waals surface area contributed by atoms with Crippen LogP contribution in [0.4, 0.5) is 0 Å². The van der Waals surface area contributed by atoms with E-state index in [0.29, 0.717) is 0 Å². The van der Waals surface area contributed by atoms with Crippen LogP contribution in [-0.4, -0.2) is 12.7 Å². The van der Waals surface area contributed by atoms with Crippen LogP contribution < -0.4 is 0 Å². The van der Waals surface area contributed by atoms with Crippen LogP contribution in [-0.2, 0) is 4.74 Å². The molecular formula is C16H30O. The maximum atomic E-state index is 5.54. The summed E-state index contributed by atoms with van der Waals surface area (Å²) >= 11 is 0. The third-order valence-electron chi connectivity index (χ3n) is 3.58. The Hall–Kier alpha value is -0.560. The highest BCUT2D eigenvalue weighted by Gasteiger charge is 2.19. The van der Waals surface area contributed by atoms with Crippen molar-refractivity contribution in [3.8, 4) is 0 Å². The van der Waals surface area contributed by atoms with E-state index in [4.69, 9.17) is 4.74 Å². The molecule has 0 saturated heterocycles. The lowest BCUT2D eigenvalue weighted by Gasteiger charge is -2.26. The molecular weight excluding hydrogens is 208 g/mol. The van der Waals surface area contributed by atoms with Crippen molar-refractivity contribution in [3.63, 3.8) is 0 Å². The molecule has 17 heavy (non-hydrogen) atoms. The molecule has 0 aromatic rings. The highest BCUT2D eigenvalue weighted by molar-refractivity contribution is 4.99. The van der Waals surface area contributed by atoms with Crippen molar-refractivity contribution >= 4 is 0 Å². The second kappa shape index (κ2) is 9.47. The smallest absolute Gasteiger partial charge is 0.0648 e. The Kier molecular flexibility index (Phi) is 9.16. The number of ether oxygens (including phenoxy) is 1. The summed E-state index contributed by atoms with van der Waals surface area (Å²) in [6.45, 7) is 8.71. The van der Waals surface area contributed by atoms with Gasteiger partial charge in [-0.25, -0.2) is 0 Å². The van der Waals surface area contributed by atoms with Gasteiger partial charge in [0, 0.05) is 7.11 Å². The lowest BCUT2D eigenvalue weighted by Crippen LogP contribution is -2.25. The lowest BCUT2D eigenvalue weighted by atomic mass is 9.95. The third kappa shape index (κ3) is 8.20. The summed E-state index contributed by atoms with van der Waals surface area (Å²) in [5.41, 5.74) is 1.59. The average Bonchev–Trinajstić information content (AvgIpc) is 2.35. The van der Waals surface area contributed by atoms with Crippen molar-refractivity contribution in [2.45, 2.75) is 71.8 Å². The molecule has 1 heteroatoms. The second-order valence-corrected chi connectivity index (χ2v) is 5.06. The van der Waals surface area contributed by atoms with Gasteiger partial charge in [0.1, 0.15) is 0 Å². The fraction of sp³-hybridized carbons (Fsp3) is 0.750. The quantitative estimate of drug-likeness (QED) is 0.392. The Labute approximate surface area is 108 Å². The van der Waals surface area contributed by atoms with Crippen molar-refractivity contribution in [1.29, 1.82) is 0 Å². The minimum absolute atomic E-state index is 0.0761. The fourth-order valence-corrected chi connectivity index (χ4v) is 1.83. The summed E-state index contributed by atoms with van der Waals surface area (Å²) in [6.07, 6.45) is 13.7. The fourth-order valence-electron chi connectivity index (χ4n) is 1.83. The minimum atomic E-state index is 0.0761. The molecule has 0 aromatic heterocycles. The van der Waals surface area contributed by atoms with Crippen molar-refractivity contribution < 1.29 is 4.74 Å². The van der Waals surface area contributed by atoms with Crippen LogP contribution in [0.15, 0.2) is 23.8 Å². The van der Waals surface area contributed by atoms with Crippen molar-refractivity contribution in [2.24, 2.45) is 0 Å². The first-order valence-electron chi connectivity index (χ1n) is 6.90. The number of hydrogen-bond acceptors (Lipinski definition) is 1. The van der Waals surface area contributed by atoms with E-state index in [1.54, 1.807) is 0 Å². The van der Waals surface area contributed by atoms with Crippen LogP contribution >= 0.6 is 0 Å². The minimum Gasteiger partial charge on any atom is -0.379 e. The molecule has 0 heterocycles. The highest BCUT2D eigenvalue weighted by Crippen LogP contribution is 2.22. The number of unbranched alkanes of at least 4 members (excludes halogenated alkanes) is 1. The number of methoxy groups -OCH3 is 1. The van der Waals surface area contributed by atoms with E-state index in [9.17, 15) is 0 Å². The zero-order chi connectivity index (χ0) is 13.1. The molecule has 0 saturated carbocycles. The van der Waals surface area contributed by atoms with Crippen LogP contribution in [0.2, 0.25) is 0 Å². The molecule has 100 valence electrons. The Bertz CT molecular complexity index is 234. The van der Waals surface area contributed by atoms with E-state index in [1.165, 1.54) is 31.3 Å². The number of hydrogen-bond donors (Lipinski definition) is 0. The molecule has 0 radical (unpaired) electrons. The molecule has 1 unspecified atom stereocenters. The molecule has 0 N–H and O–H groups in total. The van der Waals surface area contributed by atoms with Gasteiger partial charge in [-0.2, -0.15) is 0 Å². The molecule has 0 bridgehead atoms. The van der Waals surface area contributed by atoms with Crippen LogP contribution in [0.25, 0.3) is 0 Å². The van der Waals surface area contributed by atoms with Gasteiger partial charge >= 0.3 is 0 Å². The molecule has 0 aliphatic rings. The normalized spacial score (nSPS) is 16.4. The van der Waals surface area contributed by atoms with Crippen LogP contribution in [0, 0.1) is 0 Å². The van der Waals surface area contributed by atoms with Gasteiger partial charge in [-0.05, 0) is 59.3 Å². The summed E-state index contributed by atoms with van der Waals surface area (Å²) in [5, 5.41) is 0. The first-order valence-corrected chi connectivity index (χ1v) is 6.90. The number of allylic oxidation sites excluding steroid dienone is 4. The zero-order valence-corrected chi connectivity index (χ0v) is 12.4. The van der Waals surface area contributed by atoms with Gasteiger partial charge in [0.15, 0.2) is 0 Å². The molecule has 0 fully saturated rings. The Balaban J connectivity index is 3.78. The van der Waals surface area contributed by atoms with Gasteiger partial charge in [0.05, 0.1) is 5.60 Å². The summed E-state index contributed by atoms with van der Waals surface area (Å²) in [7, 11) is 1.82. The third-order valence-corrected chi connectivity index (χ3v) is 3.58. The van der Waals surface area contributed by atoms with E-state index in [0.717, 1.165) is 12.8 Å². The van der Waals surface area contributed by atoms with Crippen molar-refractivity contribution in [2.75, 3.05) is 7.11 Å². The van der Waals surface area contributed by atoms with Gasteiger partial charge in [-0.15, -0.1) is 0 Å². The van der Waals surface area contributed by atoms with E-state index in [2.05, 4.69) is 45.9 Å². The van der Waals surface area contributed by atoms with E-state index >= 15 is 0 Å². The summed E-state index contributed by atoms with van der Waals surface area (Å²) in [5.74, 6) is 0. The predicted octanol–water partition coefficient (Wildman–Crippen LogP) is 5.27. The van der Waals surface area contributed by atoms with Crippen molar-refractivity contribution in [1.82, 2.24) is 0 Å². The Morgan fingerprint density at radius 1 is 1.29 bits per heavy atom. The molecule has 0 aromatic carbocycles. The topological polar surface area (TPSA) is 9.23 Å². The summed E-state index contributed by atoms with van der Waals surface area (Å²) < 4.78 is 5.54. The zero-order valence-electron chi connectivity index (χ0n) is 12.4. The standard InChI is InChI=1S/C16H30O/c1-6-8-9-12-15(3)13-10-11-14-16(4,7-2)17-5/h6,8,13H,7,9-12,14H2,1-5H3. The largest absolute Gasteiger partial charge is 0.379 e. The molecule has 0 aliphatic carbocycles. The van der Waals surface area contributed by atoms with Gasteiger partial charge in [-0.3, -0.25) is 0 Å². The first-order chi connectivity index (χ1) is 8.08. The average molecular weight is 238 g/mol. The molecule has 0 aliphatic heterocycles. The van der Waals surface area contributed by atoms with Crippen LogP contribution in [0.1, 0.15) is 66.2 Å². The monoisotopic (exact) mass is 238 g/mol. The van der Waals surface area contributed by atoms with Crippen LogP contribution in [0.3, 0.4) is 0 Å².